The van der Waals surface area contributed by atoms with Crippen molar-refractivity contribution in [1.82, 2.24) is 0 Å². The first-order chi connectivity index (χ1) is 7.97. The van der Waals surface area contributed by atoms with Crippen molar-refractivity contribution in [3.8, 4) is 0 Å². The van der Waals surface area contributed by atoms with Crippen LogP contribution in [0.1, 0.15) is 13.8 Å². The van der Waals surface area contributed by atoms with E-state index in [0.717, 1.165) is 5.69 Å². The second kappa shape index (κ2) is 5.77. The van der Waals surface area contributed by atoms with Gasteiger partial charge in [0.25, 0.3) is 0 Å². The first-order valence-electron chi connectivity index (χ1n) is 5.41. The van der Waals surface area contributed by atoms with Crippen LogP contribution >= 0.6 is 11.6 Å². The molecule has 0 heterocycles. The van der Waals surface area contributed by atoms with Gasteiger partial charge in [-0.15, -0.1) is 0 Å². The van der Waals surface area contributed by atoms with E-state index in [0.29, 0.717) is 17.3 Å². The fourth-order valence-corrected chi connectivity index (χ4v) is 1.62. The van der Waals surface area contributed by atoms with E-state index in [1.54, 1.807) is 44.0 Å². The molecule has 1 rings (SSSR count). The van der Waals surface area contributed by atoms with Crippen LogP contribution < -0.4 is 10.6 Å². The van der Waals surface area contributed by atoms with Gasteiger partial charge in [-0.3, -0.25) is 0 Å². The summed E-state index contributed by atoms with van der Waals surface area (Å²) < 4.78 is 4.96. The van der Waals surface area contributed by atoms with Crippen LogP contribution in [0.25, 0.3) is 0 Å². The molecule has 0 saturated carbocycles. The van der Waals surface area contributed by atoms with Crippen LogP contribution in [0.5, 0.6) is 0 Å². The largest absolute Gasteiger partial charge is 0.464 e. The number of nitrogens with zero attached hydrogens (tertiary/aromatic N) is 1. The molecule has 5 heteroatoms. The van der Waals surface area contributed by atoms with Gasteiger partial charge in [0.1, 0.15) is 6.04 Å². The van der Waals surface area contributed by atoms with E-state index in [1.807, 2.05) is 0 Å². The third kappa shape index (κ3) is 3.27. The fraction of sp³-hybridized carbons (Fsp3) is 0.417. The average Bonchev–Trinajstić information content (AvgIpc) is 2.30. The molecule has 1 aromatic rings. The molecular weight excluding hydrogens is 240 g/mol. The van der Waals surface area contributed by atoms with Crippen LogP contribution in [0.3, 0.4) is 0 Å². The van der Waals surface area contributed by atoms with Gasteiger partial charge in [0.15, 0.2) is 0 Å². The van der Waals surface area contributed by atoms with Crippen molar-refractivity contribution in [3.63, 3.8) is 0 Å². The van der Waals surface area contributed by atoms with E-state index in [2.05, 4.69) is 0 Å². The minimum Gasteiger partial charge on any atom is -0.464 e. The lowest BCUT2D eigenvalue weighted by Crippen LogP contribution is -2.37. The molecular formula is C12H17ClN2O2. The highest BCUT2D eigenvalue weighted by atomic mass is 35.5. The van der Waals surface area contributed by atoms with Crippen LogP contribution in [0.15, 0.2) is 18.2 Å². The van der Waals surface area contributed by atoms with Gasteiger partial charge in [0.05, 0.1) is 18.0 Å². The van der Waals surface area contributed by atoms with Gasteiger partial charge in [0, 0.05) is 12.1 Å². The average molecular weight is 257 g/mol. The van der Waals surface area contributed by atoms with Crippen molar-refractivity contribution in [1.29, 1.82) is 0 Å². The molecule has 2 N–H and O–H groups in total. The lowest BCUT2D eigenvalue weighted by Gasteiger charge is -2.26. The molecule has 1 unspecified atom stereocenters. The van der Waals surface area contributed by atoms with Crippen LogP contribution in [-0.4, -0.2) is 25.7 Å². The third-order valence-electron chi connectivity index (χ3n) is 2.58. The number of esters is 1. The summed E-state index contributed by atoms with van der Waals surface area (Å²) in [6.07, 6.45) is 0. The van der Waals surface area contributed by atoms with Crippen LogP contribution in [0, 0.1) is 0 Å². The van der Waals surface area contributed by atoms with Gasteiger partial charge in [-0.2, -0.15) is 0 Å². The minimum absolute atomic E-state index is 0.283. The molecule has 1 aromatic carbocycles. The van der Waals surface area contributed by atoms with E-state index in [1.165, 1.54) is 0 Å². The number of nitrogen functional groups attached to an aromatic ring is 1. The Morgan fingerprint density at radius 3 is 2.82 bits per heavy atom. The zero-order valence-corrected chi connectivity index (χ0v) is 11.0. The molecule has 0 bridgehead atoms. The van der Waals surface area contributed by atoms with Crippen molar-refractivity contribution in [2.45, 2.75) is 19.9 Å². The van der Waals surface area contributed by atoms with Gasteiger partial charge < -0.3 is 15.4 Å². The maximum absolute atomic E-state index is 11.6. The SMILES string of the molecule is CCOC(=O)C(C)N(C)c1cc(Cl)ccc1N. The number of halogens is 1. The molecule has 1 atom stereocenters. The molecule has 0 amide bonds. The van der Waals surface area contributed by atoms with E-state index >= 15 is 0 Å². The Labute approximate surface area is 106 Å². The fourth-order valence-electron chi connectivity index (χ4n) is 1.45. The summed E-state index contributed by atoms with van der Waals surface area (Å²) >= 11 is 5.91. The molecule has 4 nitrogen and oxygen atoms in total. The maximum Gasteiger partial charge on any atom is 0.328 e. The monoisotopic (exact) mass is 256 g/mol. The zero-order valence-electron chi connectivity index (χ0n) is 10.2. The molecule has 0 saturated heterocycles. The minimum atomic E-state index is -0.407. The number of hydrogen-bond acceptors (Lipinski definition) is 4. The topological polar surface area (TPSA) is 55.6 Å². The number of carbonyl (C=O) groups excluding carboxylic acids is 1. The predicted octanol–water partition coefficient (Wildman–Crippen LogP) is 2.31. The molecule has 0 aliphatic rings. The molecule has 0 aliphatic carbocycles. The van der Waals surface area contributed by atoms with Gasteiger partial charge in [-0.1, -0.05) is 11.6 Å². The second-order valence-electron chi connectivity index (χ2n) is 3.74. The molecule has 0 radical (unpaired) electrons. The number of likely N-dealkylation sites (N-methyl/N-ethyl adjacent to an activating group) is 1. The highest BCUT2D eigenvalue weighted by Gasteiger charge is 2.21. The number of ether oxygens (including phenoxy) is 1. The number of hydrogen-bond donors (Lipinski definition) is 1. The van der Waals surface area contributed by atoms with Crippen LogP contribution in [-0.2, 0) is 9.53 Å². The number of rotatable bonds is 4. The number of benzene rings is 1. The Bertz CT molecular complexity index is 409. The van der Waals surface area contributed by atoms with Gasteiger partial charge in [-0.25, -0.2) is 4.79 Å². The molecule has 17 heavy (non-hydrogen) atoms. The summed E-state index contributed by atoms with van der Waals surface area (Å²) in [5.74, 6) is -0.283. The van der Waals surface area contributed by atoms with Crippen molar-refractivity contribution < 1.29 is 9.53 Å². The highest BCUT2D eigenvalue weighted by Crippen LogP contribution is 2.27. The van der Waals surface area contributed by atoms with Crippen molar-refractivity contribution in [2.75, 3.05) is 24.3 Å². The first kappa shape index (κ1) is 13.6. The Morgan fingerprint density at radius 1 is 1.59 bits per heavy atom. The standard InChI is InChI=1S/C12H17ClN2O2/c1-4-17-12(16)8(2)15(3)11-7-9(13)5-6-10(11)14/h5-8H,4,14H2,1-3H3. The van der Waals surface area contributed by atoms with Crippen LogP contribution in [0.2, 0.25) is 5.02 Å². The second-order valence-corrected chi connectivity index (χ2v) is 4.18. The molecule has 0 aliphatic heterocycles. The Balaban J connectivity index is 2.91. The summed E-state index contributed by atoms with van der Waals surface area (Å²) in [7, 11) is 1.78. The maximum atomic E-state index is 11.6. The lowest BCUT2D eigenvalue weighted by molar-refractivity contribution is -0.144. The summed E-state index contributed by atoms with van der Waals surface area (Å²) in [5.41, 5.74) is 7.15. The quantitative estimate of drug-likeness (QED) is 0.664. The van der Waals surface area contributed by atoms with Gasteiger partial charge in [0.2, 0.25) is 0 Å². The van der Waals surface area contributed by atoms with Crippen LogP contribution in [0.4, 0.5) is 11.4 Å². The Hall–Kier alpha value is -1.42. The number of anilines is 2. The summed E-state index contributed by atoms with van der Waals surface area (Å²) in [5, 5.41) is 0.581. The molecule has 0 aromatic heterocycles. The first-order valence-corrected chi connectivity index (χ1v) is 5.79. The van der Waals surface area contributed by atoms with Gasteiger partial charge in [-0.05, 0) is 32.0 Å². The molecule has 94 valence electrons. The van der Waals surface area contributed by atoms with Crippen molar-refractivity contribution in [2.24, 2.45) is 0 Å². The van der Waals surface area contributed by atoms with E-state index in [-0.39, 0.29) is 5.97 Å². The summed E-state index contributed by atoms with van der Waals surface area (Å²) in [6, 6.07) is 4.75. The summed E-state index contributed by atoms with van der Waals surface area (Å²) in [4.78, 5) is 13.4. The highest BCUT2D eigenvalue weighted by molar-refractivity contribution is 6.31. The van der Waals surface area contributed by atoms with Gasteiger partial charge >= 0.3 is 5.97 Å². The van der Waals surface area contributed by atoms with Crippen molar-refractivity contribution in [3.05, 3.63) is 23.2 Å². The third-order valence-corrected chi connectivity index (χ3v) is 2.82. The van der Waals surface area contributed by atoms with E-state index in [4.69, 9.17) is 22.1 Å². The number of carbonyl (C=O) groups is 1. The Kier molecular flexibility index (Phi) is 4.63. The number of nitrogens with two attached hydrogens (primary N) is 1. The van der Waals surface area contributed by atoms with E-state index < -0.39 is 6.04 Å². The normalized spacial score (nSPS) is 12.0. The summed E-state index contributed by atoms with van der Waals surface area (Å²) in [6.45, 7) is 3.90. The molecule has 0 spiro atoms. The zero-order chi connectivity index (χ0) is 13.0. The molecule has 0 fully saturated rings. The predicted molar refractivity (Wildman–Crippen MR) is 70.4 cm³/mol. The lowest BCUT2D eigenvalue weighted by atomic mass is 10.2. The van der Waals surface area contributed by atoms with Crippen molar-refractivity contribution >= 4 is 28.9 Å². The van der Waals surface area contributed by atoms with E-state index in [9.17, 15) is 4.79 Å². The Morgan fingerprint density at radius 2 is 2.24 bits per heavy atom. The smallest absolute Gasteiger partial charge is 0.328 e.